The van der Waals surface area contributed by atoms with Crippen LogP contribution in [0, 0.1) is 6.92 Å². The summed E-state index contributed by atoms with van der Waals surface area (Å²) in [6.45, 7) is 13.6. The number of hydrogen-bond donors (Lipinski definition) is 0. The second-order valence-corrected chi connectivity index (χ2v) is 8.49. The van der Waals surface area contributed by atoms with E-state index < -0.39 is 0 Å². The van der Waals surface area contributed by atoms with E-state index in [1.54, 1.807) is 0 Å². The van der Waals surface area contributed by atoms with Crippen molar-refractivity contribution >= 4 is 11.5 Å². The molecule has 6 heteroatoms. The first-order valence-corrected chi connectivity index (χ1v) is 9.66. The van der Waals surface area contributed by atoms with Crippen LogP contribution in [0.25, 0.3) is 5.65 Å². The molecule has 1 aromatic carbocycles. The Labute approximate surface area is 160 Å². The Morgan fingerprint density at radius 2 is 1.74 bits per heavy atom. The minimum atomic E-state index is -0.0858. The monoisotopic (exact) mass is 364 g/mol. The molecule has 3 heterocycles. The molecule has 0 amide bonds. The number of benzene rings is 1. The Morgan fingerprint density at radius 3 is 2.44 bits per heavy atom. The van der Waals surface area contributed by atoms with Crippen LogP contribution >= 0.6 is 0 Å². The fourth-order valence-corrected chi connectivity index (χ4v) is 3.62. The molecule has 1 saturated heterocycles. The SMILES string of the molecule is Cc1cccc(CN2CCN(c3ccc4nnc(C(C)(C)C)n4n3)CC2)c1. The molecule has 3 aromatic rings. The standard InChI is InChI=1S/C21H28N6/c1-16-6-5-7-17(14-16)15-25-10-12-26(13-11-25)19-9-8-18-22-23-20(21(2,3)4)27(18)24-19/h5-9,14H,10-13,15H2,1-4H3. The summed E-state index contributed by atoms with van der Waals surface area (Å²) in [6, 6.07) is 12.9. The third-order valence-corrected chi connectivity index (χ3v) is 5.10. The Balaban J connectivity index is 1.46. The van der Waals surface area contributed by atoms with Gasteiger partial charge in [0.05, 0.1) is 0 Å². The first-order chi connectivity index (χ1) is 12.9. The van der Waals surface area contributed by atoms with E-state index in [1.165, 1.54) is 11.1 Å². The van der Waals surface area contributed by atoms with Crippen LogP contribution in [0.5, 0.6) is 0 Å². The third kappa shape index (κ3) is 3.81. The van der Waals surface area contributed by atoms with Gasteiger partial charge in [0.1, 0.15) is 5.82 Å². The van der Waals surface area contributed by atoms with Gasteiger partial charge in [-0.3, -0.25) is 4.90 Å². The van der Waals surface area contributed by atoms with Crippen LogP contribution in [0.2, 0.25) is 0 Å². The molecule has 27 heavy (non-hydrogen) atoms. The molecule has 1 aliphatic heterocycles. The zero-order valence-electron chi connectivity index (χ0n) is 16.7. The van der Waals surface area contributed by atoms with Crippen molar-refractivity contribution in [1.29, 1.82) is 0 Å². The van der Waals surface area contributed by atoms with E-state index in [2.05, 4.69) is 78.0 Å². The predicted molar refractivity (Wildman–Crippen MR) is 108 cm³/mol. The predicted octanol–water partition coefficient (Wildman–Crippen LogP) is 3.05. The summed E-state index contributed by atoms with van der Waals surface area (Å²) in [5, 5.41) is 13.4. The summed E-state index contributed by atoms with van der Waals surface area (Å²) < 4.78 is 1.90. The van der Waals surface area contributed by atoms with Crippen molar-refractivity contribution in [3.05, 3.63) is 53.3 Å². The maximum absolute atomic E-state index is 4.85. The third-order valence-electron chi connectivity index (χ3n) is 5.10. The summed E-state index contributed by atoms with van der Waals surface area (Å²) in [5.41, 5.74) is 3.44. The number of anilines is 1. The van der Waals surface area contributed by atoms with Crippen LogP contribution in [-0.2, 0) is 12.0 Å². The molecule has 2 aromatic heterocycles. The van der Waals surface area contributed by atoms with Crippen molar-refractivity contribution < 1.29 is 0 Å². The molecule has 4 rings (SSSR count). The first-order valence-electron chi connectivity index (χ1n) is 9.66. The van der Waals surface area contributed by atoms with Crippen molar-refractivity contribution in [2.45, 2.75) is 39.7 Å². The number of aromatic nitrogens is 4. The summed E-state index contributed by atoms with van der Waals surface area (Å²) in [6.07, 6.45) is 0. The van der Waals surface area contributed by atoms with Crippen molar-refractivity contribution in [1.82, 2.24) is 24.7 Å². The van der Waals surface area contributed by atoms with Gasteiger partial charge < -0.3 is 4.90 Å². The molecule has 1 aliphatic rings. The normalized spacial score (nSPS) is 16.2. The summed E-state index contributed by atoms with van der Waals surface area (Å²) in [5.74, 6) is 1.90. The Hall–Kier alpha value is -2.47. The fourth-order valence-electron chi connectivity index (χ4n) is 3.62. The van der Waals surface area contributed by atoms with E-state index in [4.69, 9.17) is 5.10 Å². The molecule has 0 N–H and O–H groups in total. The van der Waals surface area contributed by atoms with Gasteiger partial charge in [0.15, 0.2) is 11.5 Å². The molecular weight excluding hydrogens is 336 g/mol. The van der Waals surface area contributed by atoms with E-state index >= 15 is 0 Å². The van der Waals surface area contributed by atoms with E-state index in [0.29, 0.717) is 0 Å². The molecule has 0 bridgehead atoms. The molecule has 0 spiro atoms. The van der Waals surface area contributed by atoms with Gasteiger partial charge in [-0.15, -0.1) is 15.3 Å². The van der Waals surface area contributed by atoms with Crippen LogP contribution in [0.15, 0.2) is 36.4 Å². The van der Waals surface area contributed by atoms with E-state index in [-0.39, 0.29) is 5.41 Å². The lowest BCUT2D eigenvalue weighted by Gasteiger charge is -2.35. The average Bonchev–Trinajstić information content (AvgIpc) is 3.06. The number of piperazine rings is 1. The van der Waals surface area contributed by atoms with Gasteiger partial charge in [0.2, 0.25) is 0 Å². The lowest BCUT2D eigenvalue weighted by molar-refractivity contribution is 0.249. The van der Waals surface area contributed by atoms with Crippen molar-refractivity contribution in [2.24, 2.45) is 0 Å². The minimum Gasteiger partial charge on any atom is -0.353 e. The van der Waals surface area contributed by atoms with Crippen LogP contribution in [0.1, 0.15) is 37.7 Å². The van der Waals surface area contributed by atoms with Gasteiger partial charge >= 0.3 is 0 Å². The summed E-state index contributed by atoms with van der Waals surface area (Å²) >= 11 is 0. The van der Waals surface area contributed by atoms with Crippen molar-refractivity contribution in [2.75, 3.05) is 31.1 Å². The summed E-state index contributed by atoms with van der Waals surface area (Å²) in [4.78, 5) is 4.88. The van der Waals surface area contributed by atoms with E-state index in [0.717, 1.165) is 50.0 Å². The zero-order valence-corrected chi connectivity index (χ0v) is 16.7. The number of nitrogens with zero attached hydrogens (tertiary/aromatic N) is 6. The van der Waals surface area contributed by atoms with Gasteiger partial charge in [-0.2, -0.15) is 4.52 Å². The highest BCUT2D eigenvalue weighted by Gasteiger charge is 2.23. The number of fused-ring (bicyclic) bond motifs is 1. The molecule has 142 valence electrons. The largest absolute Gasteiger partial charge is 0.353 e. The maximum atomic E-state index is 4.85. The van der Waals surface area contributed by atoms with E-state index in [9.17, 15) is 0 Å². The Morgan fingerprint density at radius 1 is 0.963 bits per heavy atom. The minimum absolute atomic E-state index is 0.0858. The second-order valence-electron chi connectivity index (χ2n) is 8.49. The Kier molecular flexibility index (Phi) is 4.60. The van der Waals surface area contributed by atoms with Gasteiger partial charge in [-0.25, -0.2) is 0 Å². The smallest absolute Gasteiger partial charge is 0.178 e. The molecule has 0 saturated carbocycles. The average molecular weight is 364 g/mol. The van der Waals surface area contributed by atoms with Gasteiger partial charge in [0, 0.05) is 38.1 Å². The topological polar surface area (TPSA) is 49.6 Å². The van der Waals surface area contributed by atoms with Gasteiger partial charge in [-0.05, 0) is 24.6 Å². The molecule has 0 radical (unpaired) electrons. The molecule has 0 unspecified atom stereocenters. The Bertz CT molecular complexity index is 931. The van der Waals surface area contributed by atoms with Crippen LogP contribution in [0.3, 0.4) is 0 Å². The van der Waals surface area contributed by atoms with Crippen molar-refractivity contribution in [3.63, 3.8) is 0 Å². The number of rotatable bonds is 3. The number of aryl methyl sites for hydroxylation is 1. The van der Waals surface area contributed by atoms with Crippen LogP contribution in [0.4, 0.5) is 5.82 Å². The van der Waals surface area contributed by atoms with Crippen LogP contribution < -0.4 is 4.90 Å². The van der Waals surface area contributed by atoms with E-state index in [1.807, 2.05) is 10.6 Å². The second kappa shape index (κ2) is 6.93. The quantitative estimate of drug-likeness (QED) is 0.715. The highest BCUT2D eigenvalue weighted by Crippen LogP contribution is 2.22. The number of hydrogen-bond acceptors (Lipinski definition) is 5. The lowest BCUT2D eigenvalue weighted by atomic mass is 9.96. The molecule has 6 nitrogen and oxygen atoms in total. The van der Waals surface area contributed by atoms with Crippen LogP contribution in [-0.4, -0.2) is 50.9 Å². The highest BCUT2D eigenvalue weighted by atomic mass is 15.4. The molecule has 0 atom stereocenters. The van der Waals surface area contributed by atoms with Crippen molar-refractivity contribution in [3.8, 4) is 0 Å². The molecule has 0 aliphatic carbocycles. The zero-order chi connectivity index (χ0) is 19.0. The maximum Gasteiger partial charge on any atom is 0.178 e. The first kappa shape index (κ1) is 17.9. The molecule has 1 fully saturated rings. The fraction of sp³-hybridized carbons (Fsp3) is 0.476. The van der Waals surface area contributed by atoms with Gasteiger partial charge in [0.25, 0.3) is 0 Å². The molecular formula is C21H28N6. The summed E-state index contributed by atoms with van der Waals surface area (Å²) in [7, 11) is 0. The highest BCUT2D eigenvalue weighted by molar-refractivity contribution is 5.46. The van der Waals surface area contributed by atoms with Gasteiger partial charge in [-0.1, -0.05) is 50.6 Å². The lowest BCUT2D eigenvalue weighted by Crippen LogP contribution is -2.46.